The lowest BCUT2D eigenvalue weighted by molar-refractivity contribution is -0.147. The summed E-state index contributed by atoms with van der Waals surface area (Å²) in [6.07, 6.45) is 2.15. The van der Waals surface area contributed by atoms with Gasteiger partial charge in [0.25, 0.3) is 0 Å². The average Bonchev–Trinajstić information content (AvgIpc) is 2.11. The molecule has 12 heavy (non-hydrogen) atoms. The van der Waals surface area contributed by atoms with Crippen LogP contribution in [0.3, 0.4) is 0 Å². The molecule has 0 saturated carbocycles. The first kappa shape index (κ1) is 10.5. The molecule has 0 saturated heterocycles. The fraction of sp³-hybridized carbons (Fsp3) is 0.143. The summed E-state index contributed by atoms with van der Waals surface area (Å²) in [5, 5.41) is 0. The quantitative estimate of drug-likeness (QED) is 0.319. The number of rotatable bonds is 6. The van der Waals surface area contributed by atoms with Crippen molar-refractivity contribution in [1.82, 2.24) is 11.0 Å². The molecule has 0 atom stereocenters. The first-order valence-corrected chi connectivity index (χ1v) is 3.17. The summed E-state index contributed by atoms with van der Waals surface area (Å²) in [5.74, 6) is -0.842. The van der Waals surface area contributed by atoms with Crippen LogP contribution in [0.15, 0.2) is 25.3 Å². The standard InChI is InChI=1S/C7H10N2O3/c1-3-6(10)5-8-9-12-7(11)4-2/h3-4,8-9H,1-2,5H2. The predicted molar refractivity (Wildman–Crippen MR) is 42.6 cm³/mol. The van der Waals surface area contributed by atoms with Crippen molar-refractivity contribution in [2.75, 3.05) is 6.54 Å². The van der Waals surface area contributed by atoms with E-state index < -0.39 is 5.97 Å². The Morgan fingerprint density at radius 1 is 1.33 bits per heavy atom. The van der Waals surface area contributed by atoms with Crippen LogP contribution in [-0.4, -0.2) is 18.3 Å². The summed E-state index contributed by atoms with van der Waals surface area (Å²) in [6, 6.07) is 0. The molecule has 0 bridgehead atoms. The van der Waals surface area contributed by atoms with Crippen LogP contribution >= 0.6 is 0 Å². The van der Waals surface area contributed by atoms with E-state index in [0.717, 1.165) is 12.2 Å². The molecule has 0 heterocycles. The zero-order chi connectivity index (χ0) is 9.40. The van der Waals surface area contributed by atoms with Crippen LogP contribution in [0.4, 0.5) is 0 Å². The summed E-state index contributed by atoms with van der Waals surface area (Å²) in [6.45, 7) is 6.42. The highest BCUT2D eigenvalue weighted by Crippen LogP contribution is 1.71. The summed E-state index contributed by atoms with van der Waals surface area (Å²) >= 11 is 0. The molecule has 2 N–H and O–H groups in total. The topological polar surface area (TPSA) is 67.4 Å². The number of carbonyl (C=O) groups is 2. The molecular weight excluding hydrogens is 160 g/mol. The van der Waals surface area contributed by atoms with E-state index >= 15 is 0 Å². The zero-order valence-electron chi connectivity index (χ0n) is 6.50. The lowest BCUT2D eigenvalue weighted by atomic mass is 10.4. The van der Waals surface area contributed by atoms with Crippen LogP contribution in [0.5, 0.6) is 0 Å². The van der Waals surface area contributed by atoms with E-state index in [2.05, 4.69) is 29.0 Å². The molecule has 0 fully saturated rings. The maximum absolute atomic E-state index is 10.5. The smallest absolute Gasteiger partial charge is 0.350 e. The molecule has 0 aromatic rings. The zero-order valence-corrected chi connectivity index (χ0v) is 6.50. The predicted octanol–water partition coefficient (Wildman–Crippen LogP) is -0.520. The largest absolute Gasteiger partial charge is 0.352 e. The number of nitrogens with one attached hydrogen (secondary N) is 2. The molecule has 5 nitrogen and oxygen atoms in total. The van der Waals surface area contributed by atoms with Gasteiger partial charge in [-0.3, -0.25) is 4.79 Å². The minimum atomic E-state index is -0.631. The monoisotopic (exact) mass is 170 g/mol. The van der Waals surface area contributed by atoms with Crippen LogP contribution in [0, 0.1) is 0 Å². The molecule has 0 aliphatic rings. The number of hydrogen-bond donors (Lipinski definition) is 2. The van der Waals surface area contributed by atoms with Gasteiger partial charge in [-0.2, -0.15) is 0 Å². The Labute approximate surface area is 70.0 Å². The fourth-order valence-corrected chi connectivity index (χ4v) is 0.323. The molecule has 0 radical (unpaired) electrons. The van der Waals surface area contributed by atoms with E-state index in [1.165, 1.54) is 0 Å². The van der Waals surface area contributed by atoms with Crippen molar-refractivity contribution in [3.8, 4) is 0 Å². The third-order valence-electron chi connectivity index (χ3n) is 0.881. The van der Waals surface area contributed by atoms with Gasteiger partial charge >= 0.3 is 5.97 Å². The molecule has 66 valence electrons. The SMILES string of the molecule is C=CC(=O)CNNOC(=O)C=C. The van der Waals surface area contributed by atoms with Crippen molar-refractivity contribution < 1.29 is 14.4 Å². The molecule has 0 rings (SSSR count). The van der Waals surface area contributed by atoms with Crippen LogP contribution < -0.4 is 11.0 Å². The molecule has 0 aliphatic carbocycles. The molecule has 0 aliphatic heterocycles. The lowest BCUT2D eigenvalue weighted by Gasteiger charge is -2.02. The van der Waals surface area contributed by atoms with Gasteiger partial charge in [-0.1, -0.05) is 18.7 Å². The average molecular weight is 170 g/mol. The fourth-order valence-electron chi connectivity index (χ4n) is 0.323. The van der Waals surface area contributed by atoms with Gasteiger partial charge in [-0.05, 0) is 6.08 Å². The normalized spacial score (nSPS) is 8.67. The first-order valence-electron chi connectivity index (χ1n) is 3.17. The van der Waals surface area contributed by atoms with Gasteiger partial charge < -0.3 is 4.84 Å². The van der Waals surface area contributed by atoms with Gasteiger partial charge in [0.15, 0.2) is 5.78 Å². The minimum Gasteiger partial charge on any atom is -0.352 e. The lowest BCUT2D eigenvalue weighted by Crippen LogP contribution is -2.36. The first-order chi connectivity index (χ1) is 5.70. The van der Waals surface area contributed by atoms with Gasteiger partial charge in [-0.25, -0.2) is 10.2 Å². The van der Waals surface area contributed by atoms with E-state index in [9.17, 15) is 9.59 Å². The van der Waals surface area contributed by atoms with Crippen LogP contribution in [0.1, 0.15) is 0 Å². The maximum Gasteiger partial charge on any atom is 0.350 e. The van der Waals surface area contributed by atoms with Crippen molar-refractivity contribution in [3.05, 3.63) is 25.3 Å². The van der Waals surface area contributed by atoms with Gasteiger partial charge in [0.2, 0.25) is 0 Å². The van der Waals surface area contributed by atoms with E-state index in [4.69, 9.17) is 0 Å². The van der Waals surface area contributed by atoms with E-state index in [1.807, 2.05) is 0 Å². The molecule has 0 spiro atoms. The van der Waals surface area contributed by atoms with Gasteiger partial charge in [-0.15, -0.1) is 0 Å². The maximum atomic E-state index is 10.5. The van der Waals surface area contributed by atoms with Crippen LogP contribution in [0.2, 0.25) is 0 Å². The molecule has 0 aromatic heterocycles. The molecule has 0 aromatic carbocycles. The van der Waals surface area contributed by atoms with Crippen molar-refractivity contribution in [2.24, 2.45) is 0 Å². The molecule has 5 heteroatoms. The third-order valence-corrected chi connectivity index (χ3v) is 0.881. The molecular formula is C7H10N2O3. The third kappa shape index (κ3) is 5.33. The second-order valence-electron chi connectivity index (χ2n) is 1.75. The summed E-state index contributed by atoms with van der Waals surface area (Å²) in [5.41, 5.74) is 4.40. The van der Waals surface area contributed by atoms with Gasteiger partial charge in [0, 0.05) is 6.08 Å². The van der Waals surface area contributed by atoms with Crippen molar-refractivity contribution in [3.63, 3.8) is 0 Å². The summed E-state index contributed by atoms with van der Waals surface area (Å²) < 4.78 is 0. The Kier molecular flexibility index (Phi) is 5.50. The number of hydrogen-bond acceptors (Lipinski definition) is 5. The van der Waals surface area contributed by atoms with Crippen LogP contribution in [0.25, 0.3) is 0 Å². The van der Waals surface area contributed by atoms with Crippen LogP contribution in [-0.2, 0) is 14.4 Å². The Morgan fingerprint density at radius 3 is 2.50 bits per heavy atom. The number of ketones is 1. The van der Waals surface area contributed by atoms with E-state index in [1.54, 1.807) is 0 Å². The Balaban J connectivity index is 3.32. The highest BCUT2D eigenvalue weighted by atomic mass is 16.7. The summed E-state index contributed by atoms with van der Waals surface area (Å²) in [7, 11) is 0. The highest BCUT2D eigenvalue weighted by Gasteiger charge is 1.95. The molecule has 0 amide bonds. The van der Waals surface area contributed by atoms with Crippen molar-refractivity contribution >= 4 is 11.8 Å². The summed E-state index contributed by atoms with van der Waals surface area (Å²) in [4.78, 5) is 25.2. The van der Waals surface area contributed by atoms with Gasteiger partial charge in [0.05, 0.1) is 6.54 Å². The number of hydrazine groups is 1. The van der Waals surface area contributed by atoms with Crippen molar-refractivity contribution in [1.29, 1.82) is 0 Å². The highest BCUT2D eigenvalue weighted by molar-refractivity contribution is 5.90. The number of carbonyl (C=O) groups excluding carboxylic acids is 2. The Bertz CT molecular complexity index is 179. The van der Waals surface area contributed by atoms with E-state index in [0.29, 0.717) is 0 Å². The van der Waals surface area contributed by atoms with Crippen molar-refractivity contribution in [2.45, 2.75) is 0 Å². The second-order valence-corrected chi connectivity index (χ2v) is 1.75. The Morgan fingerprint density at radius 2 is 2.00 bits per heavy atom. The Hall–Kier alpha value is -1.46. The minimum absolute atomic E-state index is 0.00786. The second kappa shape index (κ2) is 6.26. The molecule has 0 unspecified atom stereocenters. The van der Waals surface area contributed by atoms with E-state index in [-0.39, 0.29) is 12.3 Å². The van der Waals surface area contributed by atoms with Gasteiger partial charge in [0.1, 0.15) is 0 Å².